The first kappa shape index (κ1) is 21.5. The van der Waals surface area contributed by atoms with Crippen LogP contribution in [-0.4, -0.2) is 55.6 Å². The number of amides is 1. The maximum Gasteiger partial charge on any atom is 0.340 e. The summed E-state index contributed by atoms with van der Waals surface area (Å²) in [6.45, 7) is 7.32. The molecule has 1 amide bonds. The molecule has 0 aliphatic heterocycles. The van der Waals surface area contributed by atoms with Crippen LogP contribution in [0.2, 0.25) is 0 Å². The van der Waals surface area contributed by atoms with Crippen LogP contribution in [0.3, 0.4) is 0 Å². The summed E-state index contributed by atoms with van der Waals surface area (Å²) >= 11 is 0. The molecule has 152 valence electrons. The number of likely N-dealkylation sites (N-methyl/N-ethyl adjacent to an activating group) is 1. The van der Waals surface area contributed by atoms with E-state index in [1.165, 1.54) is 0 Å². The van der Waals surface area contributed by atoms with Crippen molar-refractivity contribution in [2.45, 2.75) is 27.3 Å². The molecule has 0 saturated heterocycles. The number of hydrogen-bond acceptors (Lipinski definition) is 5. The summed E-state index contributed by atoms with van der Waals surface area (Å²) in [6.07, 6.45) is 0. The summed E-state index contributed by atoms with van der Waals surface area (Å²) < 4.78 is 10.8. The Bertz CT molecular complexity index is 827. The van der Waals surface area contributed by atoms with E-state index in [0.717, 1.165) is 17.9 Å². The van der Waals surface area contributed by atoms with Crippen LogP contribution in [0, 0.1) is 13.8 Å². The Hall–Kier alpha value is -2.80. The molecule has 0 fully saturated rings. The molecule has 0 unspecified atom stereocenters. The van der Waals surface area contributed by atoms with Crippen LogP contribution in [0.25, 0.3) is 0 Å². The van der Waals surface area contributed by atoms with E-state index in [4.69, 9.17) is 9.47 Å². The lowest BCUT2D eigenvalue weighted by Gasteiger charge is -2.12. The van der Waals surface area contributed by atoms with Gasteiger partial charge in [0.1, 0.15) is 18.1 Å². The molecular weight excluding hydrogens is 358 g/mol. The van der Waals surface area contributed by atoms with Gasteiger partial charge in [0.25, 0.3) is 5.91 Å². The van der Waals surface area contributed by atoms with Crippen molar-refractivity contribution >= 4 is 11.9 Å². The van der Waals surface area contributed by atoms with Gasteiger partial charge in [-0.3, -0.25) is 4.79 Å². The lowest BCUT2D eigenvalue weighted by atomic mass is 10.1. The number of nitrogens with zero attached hydrogens (tertiary/aromatic N) is 1. The zero-order chi connectivity index (χ0) is 20.7. The predicted octanol–water partition coefficient (Wildman–Crippen LogP) is 2.68. The number of benzene rings is 1. The lowest BCUT2D eigenvalue weighted by molar-refractivity contribution is 0.0525. The fourth-order valence-electron chi connectivity index (χ4n) is 2.85. The Labute approximate surface area is 166 Å². The molecular formula is C21H29N3O4. The standard InChI is InChI=1S/C21H29N3O4/c1-6-27-21(26)18-14(2)19(23-15(18)3)20(25)22-13-16-8-7-9-17(12-16)28-11-10-24(4)5/h7-9,12,23H,6,10-11,13H2,1-5H3,(H,22,25). The smallest absolute Gasteiger partial charge is 0.340 e. The summed E-state index contributed by atoms with van der Waals surface area (Å²) in [5, 5.41) is 2.88. The number of carbonyl (C=O) groups is 2. The van der Waals surface area contributed by atoms with E-state index in [-0.39, 0.29) is 12.5 Å². The highest BCUT2D eigenvalue weighted by Gasteiger charge is 2.22. The van der Waals surface area contributed by atoms with Gasteiger partial charge in [-0.05, 0) is 58.1 Å². The molecule has 1 aromatic heterocycles. The van der Waals surface area contributed by atoms with E-state index in [1.807, 2.05) is 38.4 Å². The Morgan fingerprint density at radius 1 is 1.21 bits per heavy atom. The van der Waals surface area contributed by atoms with Gasteiger partial charge in [0.15, 0.2) is 0 Å². The van der Waals surface area contributed by atoms with Crippen molar-refractivity contribution in [2.75, 3.05) is 33.9 Å². The fraction of sp³-hybridized carbons (Fsp3) is 0.429. The highest BCUT2D eigenvalue weighted by molar-refractivity contribution is 6.00. The van der Waals surface area contributed by atoms with Crippen LogP contribution in [0.5, 0.6) is 5.75 Å². The molecule has 0 spiro atoms. The minimum absolute atomic E-state index is 0.268. The van der Waals surface area contributed by atoms with Gasteiger partial charge in [-0.15, -0.1) is 0 Å². The van der Waals surface area contributed by atoms with E-state index in [9.17, 15) is 9.59 Å². The minimum Gasteiger partial charge on any atom is -0.492 e. The van der Waals surface area contributed by atoms with E-state index in [0.29, 0.717) is 35.7 Å². The zero-order valence-corrected chi connectivity index (χ0v) is 17.2. The second kappa shape index (κ2) is 9.94. The van der Waals surface area contributed by atoms with Crippen molar-refractivity contribution in [2.24, 2.45) is 0 Å². The monoisotopic (exact) mass is 387 g/mol. The van der Waals surface area contributed by atoms with Crippen molar-refractivity contribution in [1.82, 2.24) is 15.2 Å². The average Bonchev–Trinajstić information content (AvgIpc) is 2.94. The topological polar surface area (TPSA) is 83.7 Å². The first-order valence-electron chi connectivity index (χ1n) is 9.34. The summed E-state index contributed by atoms with van der Waals surface area (Å²) in [6, 6.07) is 7.63. The quantitative estimate of drug-likeness (QED) is 0.647. The summed E-state index contributed by atoms with van der Waals surface area (Å²) in [5.41, 5.74) is 2.94. The molecule has 0 aliphatic rings. The van der Waals surface area contributed by atoms with Gasteiger partial charge in [-0.1, -0.05) is 12.1 Å². The number of carbonyl (C=O) groups excluding carboxylic acids is 2. The van der Waals surface area contributed by atoms with Gasteiger partial charge in [0.2, 0.25) is 0 Å². The van der Waals surface area contributed by atoms with Crippen molar-refractivity contribution in [3.63, 3.8) is 0 Å². The molecule has 0 saturated carbocycles. The average molecular weight is 387 g/mol. The van der Waals surface area contributed by atoms with Gasteiger partial charge in [-0.25, -0.2) is 4.79 Å². The summed E-state index contributed by atoms with van der Waals surface area (Å²) in [4.78, 5) is 29.7. The molecule has 0 aliphatic carbocycles. The molecule has 2 N–H and O–H groups in total. The number of aryl methyl sites for hydroxylation is 1. The van der Waals surface area contributed by atoms with E-state index in [2.05, 4.69) is 15.2 Å². The molecule has 1 aromatic carbocycles. The maximum absolute atomic E-state index is 12.6. The number of aromatic amines is 1. The van der Waals surface area contributed by atoms with Gasteiger partial charge >= 0.3 is 5.97 Å². The van der Waals surface area contributed by atoms with Gasteiger partial charge in [0.05, 0.1) is 12.2 Å². The van der Waals surface area contributed by atoms with Crippen LogP contribution in [0.4, 0.5) is 0 Å². The second-order valence-corrected chi connectivity index (χ2v) is 6.83. The van der Waals surface area contributed by atoms with E-state index in [1.54, 1.807) is 20.8 Å². The lowest BCUT2D eigenvalue weighted by Crippen LogP contribution is -2.24. The number of rotatable bonds is 9. The Morgan fingerprint density at radius 2 is 1.96 bits per heavy atom. The second-order valence-electron chi connectivity index (χ2n) is 6.83. The molecule has 2 aromatic rings. The van der Waals surface area contributed by atoms with Gasteiger partial charge < -0.3 is 24.7 Å². The highest BCUT2D eigenvalue weighted by Crippen LogP contribution is 2.19. The van der Waals surface area contributed by atoms with Crippen LogP contribution in [0.1, 0.15) is 44.6 Å². The number of H-pyrrole nitrogens is 1. The SMILES string of the molecule is CCOC(=O)c1c(C)[nH]c(C(=O)NCc2cccc(OCCN(C)C)c2)c1C. The largest absolute Gasteiger partial charge is 0.492 e. The Kier molecular flexibility index (Phi) is 7.63. The third kappa shape index (κ3) is 5.60. The molecule has 1 heterocycles. The summed E-state index contributed by atoms with van der Waals surface area (Å²) in [5.74, 6) is 0.0792. The molecule has 0 radical (unpaired) electrons. The van der Waals surface area contributed by atoms with Crippen LogP contribution < -0.4 is 10.1 Å². The van der Waals surface area contributed by atoms with Crippen molar-refractivity contribution in [3.05, 3.63) is 52.3 Å². The third-order valence-electron chi connectivity index (χ3n) is 4.30. The molecule has 0 bridgehead atoms. The molecule has 2 rings (SSSR count). The first-order valence-corrected chi connectivity index (χ1v) is 9.34. The molecule has 28 heavy (non-hydrogen) atoms. The number of esters is 1. The zero-order valence-electron chi connectivity index (χ0n) is 17.2. The van der Waals surface area contributed by atoms with E-state index >= 15 is 0 Å². The van der Waals surface area contributed by atoms with Crippen LogP contribution in [0.15, 0.2) is 24.3 Å². The number of ether oxygens (including phenoxy) is 2. The molecule has 7 nitrogen and oxygen atoms in total. The van der Waals surface area contributed by atoms with Crippen molar-refractivity contribution in [1.29, 1.82) is 0 Å². The highest BCUT2D eigenvalue weighted by atomic mass is 16.5. The molecule has 0 atom stereocenters. The number of nitrogens with one attached hydrogen (secondary N) is 2. The summed E-state index contributed by atoms with van der Waals surface area (Å²) in [7, 11) is 3.99. The normalized spacial score (nSPS) is 10.8. The predicted molar refractivity (Wildman–Crippen MR) is 108 cm³/mol. The van der Waals surface area contributed by atoms with Crippen molar-refractivity contribution in [3.8, 4) is 5.75 Å². The third-order valence-corrected chi connectivity index (χ3v) is 4.30. The Morgan fingerprint density at radius 3 is 2.64 bits per heavy atom. The number of aromatic nitrogens is 1. The maximum atomic E-state index is 12.6. The van der Waals surface area contributed by atoms with Crippen LogP contribution in [-0.2, 0) is 11.3 Å². The van der Waals surface area contributed by atoms with Gasteiger partial charge in [0, 0.05) is 18.8 Å². The first-order chi connectivity index (χ1) is 13.3. The van der Waals surface area contributed by atoms with Crippen LogP contribution >= 0.6 is 0 Å². The molecule has 7 heteroatoms. The minimum atomic E-state index is -0.421. The van der Waals surface area contributed by atoms with Gasteiger partial charge in [-0.2, -0.15) is 0 Å². The fourth-order valence-corrected chi connectivity index (χ4v) is 2.85. The van der Waals surface area contributed by atoms with E-state index < -0.39 is 5.97 Å². The number of hydrogen-bond donors (Lipinski definition) is 2. The Balaban J connectivity index is 2.01. The van der Waals surface area contributed by atoms with Crippen molar-refractivity contribution < 1.29 is 19.1 Å².